The summed E-state index contributed by atoms with van der Waals surface area (Å²) in [6.07, 6.45) is 0. The number of nitrogens with two attached hydrogens (primary N) is 1. The van der Waals surface area contributed by atoms with Crippen molar-refractivity contribution in [2.45, 2.75) is 0 Å². The highest BCUT2D eigenvalue weighted by Gasteiger charge is 2.29. The average Bonchev–Trinajstić information content (AvgIpc) is 2.51. The van der Waals surface area contributed by atoms with Gasteiger partial charge in [0.15, 0.2) is 12.4 Å². The van der Waals surface area contributed by atoms with Crippen LogP contribution in [0.5, 0.6) is 5.75 Å². The Morgan fingerprint density at radius 2 is 1.95 bits per heavy atom. The lowest BCUT2D eigenvalue weighted by atomic mass is 10.1. The number of halogens is 1. The highest BCUT2D eigenvalue weighted by Crippen LogP contribution is 2.37. The number of hydrogen-bond donors (Lipinski definition) is 1. The summed E-state index contributed by atoms with van der Waals surface area (Å²) in [7, 11) is 0. The molecule has 0 saturated heterocycles. The van der Waals surface area contributed by atoms with Crippen LogP contribution >= 0.6 is 0 Å². The molecule has 0 aromatic heterocycles. The van der Waals surface area contributed by atoms with Crippen LogP contribution in [0.4, 0.5) is 15.8 Å². The second kappa shape index (κ2) is 5.48. The van der Waals surface area contributed by atoms with E-state index in [1.54, 1.807) is 18.2 Å². The van der Waals surface area contributed by atoms with E-state index < -0.39 is 5.82 Å². The van der Waals surface area contributed by atoms with Crippen molar-refractivity contribution in [3.63, 3.8) is 0 Å². The monoisotopic (exact) mass is 300 g/mol. The Labute approximate surface area is 126 Å². The van der Waals surface area contributed by atoms with E-state index in [1.165, 1.54) is 29.2 Å². The minimum atomic E-state index is -0.423. The van der Waals surface area contributed by atoms with Crippen molar-refractivity contribution in [3.05, 3.63) is 53.8 Å². The highest BCUT2D eigenvalue weighted by atomic mass is 19.1. The molecule has 6 heteroatoms. The van der Waals surface area contributed by atoms with Gasteiger partial charge in [0.1, 0.15) is 17.3 Å². The lowest BCUT2D eigenvalue weighted by molar-refractivity contribution is -0.121. The van der Waals surface area contributed by atoms with Gasteiger partial charge in [-0.3, -0.25) is 14.5 Å². The predicted molar refractivity (Wildman–Crippen MR) is 79.4 cm³/mol. The van der Waals surface area contributed by atoms with Gasteiger partial charge in [0.2, 0.25) is 0 Å². The number of nitrogen functional groups attached to an aromatic ring is 1. The number of amides is 1. The Balaban J connectivity index is 1.90. The summed E-state index contributed by atoms with van der Waals surface area (Å²) < 4.78 is 18.2. The summed E-state index contributed by atoms with van der Waals surface area (Å²) in [5.41, 5.74) is 6.98. The first-order chi connectivity index (χ1) is 10.6. The first-order valence-corrected chi connectivity index (χ1v) is 6.66. The fourth-order valence-electron chi connectivity index (χ4n) is 2.32. The average molecular weight is 300 g/mol. The van der Waals surface area contributed by atoms with Crippen molar-refractivity contribution < 1.29 is 18.7 Å². The van der Waals surface area contributed by atoms with E-state index in [1.807, 2.05) is 0 Å². The summed E-state index contributed by atoms with van der Waals surface area (Å²) in [5.74, 6) is -0.606. The third-order valence-electron chi connectivity index (χ3n) is 3.42. The maximum absolute atomic E-state index is 12.9. The number of ketones is 1. The molecular formula is C16H13FN2O3. The van der Waals surface area contributed by atoms with Crippen LogP contribution in [0.3, 0.4) is 0 Å². The Hall–Kier alpha value is -2.89. The van der Waals surface area contributed by atoms with Crippen LogP contribution < -0.4 is 15.4 Å². The van der Waals surface area contributed by atoms with E-state index >= 15 is 0 Å². The quantitative estimate of drug-likeness (QED) is 0.695. The van der Waals surface area contributed by atoms with Crippen LogP contribution in [0.25, 0.3) is 0 Å². The van der Waals surface area contributed by atoms with Crippen molar-refractivity contribution in [1.82, 2.24) is 0 Å². The van der Waals surface area contributed by atoms with Crippen LogP contribution in [-0.4, -0.2) is 24.8 Å². The standard InChI is InChI=1S/C16H13FN2O3/c17-11-6-4-10(5-7-11)13(20)8-19-15(21)9-22-14-3-1-2-12(18)16(14)19/h1-7H,8-9,18H2. The first kappa shape index (κ1) is 14.1. The second-order valence-corrected chi connectivity index (χ2v) is 4.89. The van der Waals surface area contributed by atoms with Gasteiger partial charge in [0.25, 0.3) is 5.91 Å². The number of nitrogens with zero attached hydrogens (tertiary/aromatic N) is 1. The zero-order chi connectivity index (χ0) is 15.7. The molecule has 0 bridgehead atoms. The van der Waals surface area contributed by atoms with Crippen LogP contribution in [0.1, 0.15) is 10.4 Å². The number of carbonyl (C=O) groups is 2. The highest BCUT2D eigenvalue weighted by molar-refractivity contribution is 6.08. The van der Waals surface area contributed by atoms with E-state index in [4.69, 9.17) is 10.5 Å². The van der Waals surface area contributed by atoms with Crippen molar-refractivity contribution >= 4 is 23.1 Å². The number of benzene rings is 2. The van der Waals surface area contributed by atoms with Gasteiger partial charge in [-0.15, -0.1) is 0 Å². The number of ether oxygens (including phenoxy) is 1. The van der Waals surface area contributed by atoms with Gasteiger partial charge < -0.3 is 10.5 Å². The lowest BCUT2D eigenvalue weighted by Crippen LogP contribution is -2.42. The molecule has 1 aliphatic heterocycles. The Kier molecular flexibility index (Phi) is 3.50. The van der Waals surface area contributed by atoms with Crippen LogP contribution in [0.15, 0.2) is 42.5 Å². The number of rotatable bonds is 3. The first-order valence-electron chi connectivity index (χ1n) is 6.66. The fraction of sp³-hybridized carbons (Fsp3) is 0.125. The van der Waals surface area contributed by atoms with E-state index in [-0.39, 0.29) is 24.8 Å². The summed E-state index contributed by atoms with van der Waals surface area (Å²) >= 11 is 0. The molecular weight excluding hydrogens is 287 g/mol. The molecule has 2 aromatic carbocycles. The number of para-hydroxylation sites is 1. The zero-order valence-electron chi connectivity index (χ0n) is 11.6. The van der Waals surface area contributed by atoms with Gasteiger partial charge in [-0.05, 0) is 36.4 Å². The van der Waals surface area contributed by atoms with Gasteiger partial charge in [-0.2, -0.15) is 0 Å². The van der Waals surface area contributed by atoms with Gasteiger partial charge in [-0.25, -0.2) is 4.39 Å². The molecule has 1 heterocycles. The van der Waals surface area contributed by atoms with E-state index in [2.05, 4.69) is 0 Å². The molecule has 22 heavy (non-hydrogen) atoms. The Bertz CT molecular complexity index is 744. The van der Waals surface area contributed by atoms with Crippen molar-refractivity contribution in [1.29, 1.82) is 0 Å². The molecule has 0 saturated carbocycles. The summed E-state index contributed by atoms with van der Waals surface area (Å²) in [6.45, 7) is -0.317. The van der Waals surface area contributed by atoms with Gasteiger partial charge in [0.05, 0.1) is 12.2 Å². The number of Topliss-reactive ketones (excluding diaryl/α,β-unsaturated/α-hetero) is 1. The minimum absolute atomic E-state index is 0.146. The number of hydrogen-bond acceptors (Lipinski definition) is 4. The summed E-state index contributed by atoms with van der Waals surface area (Å²) in [4.78, 5) is 25.7. The smallest absolute Gasteiger partial charge is 0.265 e. The summed E-state index contributed by atoms with van der Waals surface area (Å²) in [6, 6.07) is 10.2. The molecule has 3 rings (SSSR count). The molecule has 0 atom stereocenters. The topological polar surface area (TPSA) is 72.6 Å². The van der Waals surface area contributed by atoms with E-state index in [0.29, 0.717) is 22.7 Å². The number of carbonyl (C=O) groups excluding carboxylic acids is 2. The molecule has 0 aliphatic carbocycles. The van der Waals surface area contributed by atoms with Crippen molar-refractivity contribution in [3.8, 4) is 5.75 Å². The number of anilines is 2. The number of fused-ring (bicyclic) bond motifs is 1. The maximum atomic E-state index is 12.9. The van der Waals surface area contributed by atoms with Crippen LogP contribution in [-0.2, 0) is 4.79 Å². The van der Waals surface area contributed by atoms with Crippen LogP contribution in [0, 0.1) is 5.82 Å². The maximum Gasteiger partial charge on any atom is 0.265 e. The second-order valence-electron chi connectivity index (χ2n) is 4.89. The molecule has 2 N–H and O–H groups in total. The SMILES string of the molecule is Nc1cccc2c1N(CC(=O)c1ccc(F)cc1)C(=O)CO2. The van der Waals surface area contributed by atoms with Gasteiger partial charge >= 0.3 is 0 Å². The van der Waals surface area contributed by atoms with E-state index in [0.717, 1.165) is 0 Å². The Morgan fingerprint density at radius 3 is 2.68 bits per heavy atom. The van der Waals surface area contributed by atoms with Crippen LogP contribution in [0.2, 0.25) is 0 Å². The van der Waals surface area contributed by atoms with Crippen molar-refractivity contribution in [2.75, 3.05) is 23.8 Å². The normalized spacial score (nSPS) is 13.5. The lowest BCUT2D eigenvalue weighted by Gasteiger charge is -2.29. The predicted octanol–water partition coefficient (Wildman–Crippen LogP) is 2.02. The molecule has 0 fully saturated rings. The minimum Gasteiger partial charge on any atom is -0.481 e. The molecule has 1 amide bonds. The van der Waals surface area contributed by atoms with E-state index in [9.17, 15) is 14.0 Å². The molecule has 0 radical (unpaired) electrons. The van der Waals surface area contributed by atoms with Crippen molar-refractivity contribution in [2.24, 2.45) is 0 Å². The summed E-state index contributed by atoms with van der Waals surface area (Å²) in [5, 5.41) is 0. The Morgan fingerprint density at radius 1 is 1.23 bits per heavy atom. The van der Waals surface area contributed by atoms with Gasteiger partial charge in [0, 0.05) is 5.56 Å². The molecule has 2 aromatic rings. The van der Waals surface area contributed by atoms with Gasteiger partial charge in [-0.1, -0.05) is 6.07 Å². The molecule has 5 nitrogen and oxygen atoms in total. The fourth-order valence-corrected chi connectivity index (χ4v) is 2.32. The molecule has 112 valence electrons. The zero-order valence-corrected chi connectivity index (χ0v) is 11.6. The largest absolute Gasteiger partial charge is 0.481 e. The third-order valence-corrected chi connectivity index (χ3v) is 3.42. The molecule has 0 unspecified atom stereocenters. The molecule has 1 aliphatic rings. The molecule has 0 spiro atoms. The third kappa shape index (κ3) is 2.50.